The van der Waals surface area contributed by atoms with Crippen molar-refractivity contribution >= 4 is 33.0 Å². The number of anilines is 2. The molecule has 2 rings (SSSR count). The molecule has 0 aliphatic heterocycles. The van der Waals surface area contributed by atoms with Crippen molar-refractivity contribution in [2.75, 3.05) is 10.5 Å². The number of hydrogen-bond acceptors (Lipinski definition) is 4. The van der Waals surface area contributed by atoms with Gasteiger partial charge in [-0.2, -0.15) is 5.26 Å². The van der Waals surface area contributed by atoms with Gasteiger partial charge in [0.05, 0.1) is 22.3 Å². The number of nitrogens with zero attached hydrogens (tertiary/aromatic N) is 1. The molecule has 0 heterocycles. The Balaban J connectivity index is 2.45. The van der Waals surface area contributed by atoms with Crippen molar-refractivity contribution in [3.63, 3.8) is 0 Å². The SMILES string of the molecule is N#Cc1ccc(Cl)c(NS(=O)(=O)c2ccc(N)cc2F)c1. The van der Waals surface area contributed by atoms with E-state index in [0.717, 1.165) is 12.1 Å². The lowest BCUT2D eigenvalue weighted by Gasteiger charge is -2.10. The molecule has 0 spiro atoms. The molecule has 0 atom stereocenters. The van der Waals surface area contributed by atoms with Crippen LogP contribution in [0.5, 0.6) is 0 Å². The highest BCUT2D eigenvalue weighted by atomic mass is 35.5. The molecule has 0 unspecified atom stereocenters. The summed E-state index contributed by atoms with van der Waals surface area (Å²) in [6.07, 6.45) is 0. The molecule has 0 aromatic heterocycles. The number of halogens is 2. The van der Waals surface area contributed by atoms with E-state index in [-0.39, 0.29) is 22.0 Å². The maximum atomic E-state index is 13.7. The Kier molecular flexibility index (Phi) is 4.02. The molecule has 0 fully saturated rings. The number of hydrogen-bond donors (Lipinski definition) is 2. The average Bonchev–Trinajstić information content (AvgIpc) is 2.40. The van der Waals surface area contributed by atoms with E-state index in [1.165, 1.54) is 24.3 Å². The lowest BCUT2D eigenvalue weighted by atomic mass is 10.2. The van der Waals surface area contributed by atoms with Crippen molar-refractivity contribution in [3.8, 4) is 6.07 Å². The Morgan fingerprint density at radius 1 is 1.24 bits per heavy atom. The summed E-state index contributed by atoms with van der Waals surface area (Å²) in [6, 6.07) is 9.14. The molecule has 21 heavy (non-hydrogen) atoms. The predicted octanol–water partition coefficient (Wildman–Crippen LogP) is 2.73. The van der Waals surface area contributed by atoms with Crippen LogP contribution in [0.3, 0.4) is 0 Å². The summed E-state index contributed by atoms with van der Waals surface area (Å²) in [6.45, 7) is 0. The number of nitrogens with one attached hydrogen (secondary N) is 1. The van der Waals surface area contributed by atoms with Gasteiger partial charge in [0.15, 0.2) is 0 Å². The molecular formula is C13H9ClFN3O2S. The second-order valence-corrected chi connectivity index (χ2v) is 6.16. The Hall–Kier alpha value is -2.30. The van der Waals surface area contributed by atoms with Crippen molar-refractivity contribution in [1.29, 1.82) is 5.26 Å². The first-order valence-corrected chi connectivity index (χ1v) is 7.47. The normalized spacial score (nSPS) is 10.9. The quantitative estimate of drug-likeness (QED) is 0.848. The minimum atomic E-state index is -4.18. The minimum absolute atomic E-state index is 0.00746. The van der Waals surface area contributed by atoms with Crippen LogP contribution in [-0.2, 0) is 10.0 Å². The van der Waals surface area contributed by atoms with E-state index in [9.17, 15) is 12.8 Å². The highest BCUT2D eigenvalue weighted by Gasteiger charge is 2.20. The van der Waals surface area contributed by atoms with E-state index in [0.29, 0.717) is 0 Å². The fraction of sp³-hybridized carbons (Fsp3) is 0. The summed E-state index contributed by atoms with van der Waals surface area (Å²) >= 11 is 5.86. The Bertz CT molecular complexity index is 847. The molecule has 2 aromatic carbocycles. The molecule has 0 bridgehead atoms. The first-order chi connectivity index (χ1) is 9.83. The minimum Gasteiger partial charge on any atom is -0.399 e. The third-order valence-corrected chi connectivity index (χ3v) is 4.31. The summed E-state index contributed by atoms with van der Waals surface area (Å²) < 4.78 is 40.2. The highest BCUT2D eigenvalue weighted by molar-refractivity contribution is 7.92. The van der Waals surface area contributed by atoms with Crippen LogP contribution >= 0.6 is 11.6 Å². The van der Waals surface area contributed by atoms with Crippen LogP contribution in [0.4, 0.5) is 15.8 Å². The lowest BCUT2D eigenvalue weighted by molar-refractivity contribution is 0.571. The Morgan fingerprint density at radius 2 is 1.95 bits per heavy atom. The second kappa shape index (κ2) is 5.60. The third-order valence-electron chi connectivity index (χ3n) is 2.59. The van der Waals surface area contributed by atoms with Gasteiger partial charge in [0.1, 0.15) is 10.7 Å². The summed E-state index contributed by atoms with van der Waals surface area (Å²) in [5.74, 6) is -0.977. The molecule has 5 nitrogen and oxygen atoms in total. The lowest BCUT2D eigenvalue weighted by Crippen LogP contribution is -2.15. The van der Waals surface area contributed by atoms with Gasteiger partial charge in [-0.25, -0.2) is 12.8 Å². The molecule has 3 N–H and O–H groups in total. The maximum Gasteiger partial charge on any atom is 0.264 e. The first kappa shape index (κ1) is 15.1. The van der Waals surface area contributed by atoms with Gasteiger partial charge in [-0.05, 0) is 36.4 Å². The summed E-state index contributed by atoms with van der Waals surface area (Å²) in [5.41, 5.74) is 5.69. The summed E-state index contributed by atoms with van der Waals surface area (Å²) in [5, 5.41) is 8.89. The van der Waals surface area contributed by atoms with Crippen LogP contribution in [0.2, 0.25) is 5.02 Å². The molecule has 8 heteroatoms. The molecule has 0 saturated heterocycles. The van der Waals surface area contributed by atoms with Crippen molar-refractivity contribution < 1.29 is 12.8 Å². The molecule has 0 radical (unpaired) electrons. The number of benzene rings is 2. The van der Waals surface area contributed by atoms with Crippen LogP contribution in [0.15, 0.2) is 41.3 Å². The van der Waals surface area contributed by atoms with Crippen LogP contribution in [-0.4, -0.2) is 8.42 Å². The fourth-order valence-corrected chi connectivity index (χ4v) is 2.96. The van der Waals surface area contributed by atoms with Crippen molar-refractivity contribution in [3.05, 3.63) is 52.8 Å². The maximum absolute atomic E-state index is 13.7. The van der Waals surface area contributed by atoms with Crippen LogP contribution in [0, 0.1) is 17.1 Å². The predicted molar refractivity (Wildman–Crippen MR) is 77.8 cm³/mol. The molecule has 0 amide bonds. The summed E-state index contributed by atoms with van der Waals surface area (Å²) in [4.78, 5) is -0.560. The van der Waals surface area contributed by atoms with E-state index in [2.05, 4.69) is 4.72 Å². The van der Waals surface area contributed by atoms with E-state index in [4.69, 9.17) is 22.6 Å². The number of nitriles is 1. The number of rotatable bonds is 3. The standard InChI is InChI=1S/C13H9ClFN3O2S/c14-10-3-1-8(7-16)5-12(10)18-21(19,20)13-4-2-9(17)6-11(13)15/h1-6,18H,17H2. The molecule has 0 aliphatic rings. The van der Waals surface area contributed by atoms with Gasteiger partial charge in [0.2, 0.25) is 0 Å². The van der Waals surface area contributed by atoms with E-state index >= 15 is 0 Å². The molecule has 2 aromatic rings. The van der Waals surface area contributed by atoms with Gasteiger partial charge in [-0.1, -0.05) is 11.6 Å². The average molecular weight is 326 g/mol. The van der Waals surface area contributed by atoms with Crippen molar-refractivity contribution in [1.82, 2.24) is 0 Å². The second-order valence-electron chi connectivity index (χ2n) is 4.10. The van der Waals surface area contributed by atoms with Crippen molar-refractivity contribution in [2.24, 2.45) is 0 Å². The first-order valence-electron chi connectivity index (χ1n) is 5.61. The largest absolute Gasteiger partial charge is 0.399 e. The Labute approximate surface area is 125 Å². The van der Waals surface area contributed by atoms with Crippen LogP contribution in [0.1, 0.15) is 5.56 Å². The van der Waals surface area contributed by atoms with Gasteiger partial charge in [-0.15, -0.1) is 0 Å². The van der Waals surface area contributed by atoms with Gasteiger partial charge in [-0.3, -0.25) is 4.72 Å². The van der Waals surface area contributed by atoms with Gasteiger partial charge < -0.3 is 5.73 Å². The van der Waals surface area contributed by atoms with E-state index < -0.39 is 20.7 Å². The molecule has 0 aliphatic carbocycles. The monoisotopic (exact) mass is 325 g/mol. The smallest absolute Gasteiger partial charge is 0.264 e. The zero-order valence-electron chi connectivity index (χ0n) is 10.5. The van der Waals surface area contributed by atoms with Crippen LogP contribution in [0.25, 0.3) is 0 Å². The molecule has 108 valence electrons. The zero-order chi connectivity index (χ0) is 15.6. The van der Waals surface area contributed by atoms with Crippen molar-refractivity contribution in [2.45, 2.75) is 4.90 Å². The summed E-state index contributed by atoms with van der Waals surface area (Å²) in [7, 11) is -4.18. The molecule has 0 saturated carbocycles. The molecular weight excluding hydrogens is 317 g/mol. The number of nitrogens with two attached hydrogens (primary N) is 1. The van der Waals surface area contributed by atoms with Gasteiger partial charge in [0.25, 0.3) is 10.0 Å². The van der Waals surface area contributed by atoms with Crippen LogP contribution < -0.4 is 10.5 Å². The Morgan fingerprint density at radius 3 is 2.57 bits per heavy atom. The topological polar surface area (TPSA) is 96.0 Å². The highest BCUT2D eigenvalue weighted by Crippen LogP contribution is 2.27. The number of sulfonamides is 1. The van der Waals surface area contributed by atoms with Gasteiger partial charge >= 0.3 is 0 Å². The zero-order valence-corrected chi connectivity index (χ0v) is 12.0. The van der Waals surface area contributed by atoms with Gasteiger partial charge in [0, 0.05) is 5.69 Å². The van der Waals surface area contributed by atoms with E-state index in [1.807, 2.05) is 6.07 Å². The fourth-order valence-electron chi connectivity index (χ4n) is 1.61. The van der Waals surface area contributed by atoms with E-state index in [1.54, 1.807) is 0 Å². The number of nitrogen functional groups attached to an aromatic ring is 1. The third kappa shape index (κ3) is 3.24.